The van der Waals surface area contributed by atoms with Crippen molar-refractivity contribution in [2.45, 2.75) is 6.54 Å². The number of hydrogen-bond donors (Lipinski definition) is 2. The van der Waals surface area contributed by atoms with Gasteiger partial charge in [-0.25, -0.2) is 4.39 Å². The van der Waals surface area contributed by atoms with E-state index in [0.717, 1.165) is 44.1 Å². The van der Waals surface area contributed by atoms with Gasteiger partial charge in [0.2, 0.25) is 0 Å². The molecule has 1 aromatic carbocycles. The van der Waals surface area contributed by atoms with Gasteiger partial charge < -0.3 is 10.6 Å². The Morgan fingerprint density at radius 3 is 2.73 bits per heavy atom. The second kappa shape index (κ2) is 8.68. The Hall–Kier alpha value is -2.58. The van der Waals surface area contributed by atoms with Gasteiger partial charge >= 0.3 is 0 Å². The summed E-state index contributed by atoms with van der Waals surface area (Å²) in [6, 6.07) is 11.1. The maximum absolute atomic E-state index is 14.3. The zero-order chi connectivity index (χ0) is 18.4. The molecular weight excluding hydrogens is 351 g/mol. The number of hydrogen-bond acceptors (Lipinski definition) is 5. The van der Waals surface area contributed by atoms with E-state index in [9.17, 15) is 4.39 Å². The van der Waals surface area contributed by atoms with E-state index in [1.54, 1.807) is 6.07 Å². The van der Waals surface area contributed by atoms with Crippen LogP contribution in [0.1, 0.15) is 11.3 Å². The van der Waals surface area contributed by atoms with Crippen LogP contribution in [0.4, 0.5) is 10.1 Å². The number of benzene rings is 1. The van der Waals surface area contributed by atoms with Crippen LogP contribution in [0.15, 0.2) is 47.7 Å². The molecular formula is C18H21FN6S. The first-order valence-electron chi connectivity index (χ1n) is 8.37. The summed E-state index contributed by atoms with van der Waals surface area (Å²) in [5.41, 5.74) is 10.0. The van der Waals surface area contributed by atoms with Crippen LogP contribution < -0.4 is 16.1 Å². The molecule has 0 bridgehead atoms. The Bertz CT molecular complexity index is 775. The highest BCUT2D eigenvalue weighted by Gasteiger charge is 2.18. The third kappa shape index (κ3) is 4.96. The van der Waals surface area contributed by atoms with Crippen molar-refractivity contribution in [3.05, 3.63) is 59.7 Å². The lowest BCUT2D eigenvalue weighted by Crippen LogP contribution is -2.46. The zero-order valence-electron chi connectivity index (χ0n) is 14.3. The van der Waals surface area contributed by atoms with E-state index in [-0.39, 0.29) is 10.9 Å². The van der Waals surface area contributed by atoms with Crippen molar-refractivity contribution >= 4 is 29.2 Å². The van der Waals surface area contributed by atoms with Crippen LogP contribution in [-0.2, 0) is 6.54 Å². The molecule has 0 aliphatic carbocycles. The predicted molar refractivity (Wildman–Crippen MR) is 106 cm³/mol. The molecule has 1 aromatic heterocycles. The number of nitrogens with two attached hydrogens (primary N) is 1. The normalized spacial score (nSPS) is 15.3. The second-order valence-electron chi connectivity index (χ2n) is 6.02. The van der Waals surface area contributed by atoms with E-state index >= 15 is 0 Å². The van der Waals surface area contributed by atoms with Crippen LogP contribution >= 0.6 is 12.2 Å². The molecule has 0 unspecified atom stereocenters. The quantitative estimate of drug-likeness (QED) is 0.473. The molecule has 1 saturated heterocycles. The molecule has 6 nitrogen and oxygen atoms in total. The van der Waals surface area contributed by atoms with Crippen molar-refractivity contribution < 1.29 is 4.39 Å². The third-order valence-electron chi connectivity index (χ3n) is 4.21. The Kier molecular flexibility index (Phi) is 6.08. The third-order valence-corrected chi connectivity index (χ3v) is 4.30. The number of nitrogens with one attached hydrogen (secondary N) is 1. The standard InChI is InChI=1S/C18H21FN6S/c19-17-11-16(5-4-14(17)12-22-23-18(20)26)25-9-7-24(8-10-25)13-15-3-1-2-6-21-15/h1-6,11-12H,7-10,13H2,(H3,20,23,26)/b22-12+. The fourth-order valence-electron chi connectivity index (χ4n) is 2.87. The van der Waals surface area contributed by atoms with E-state index in [4.69, 9.17) is 5.73 Å². The maximum Gasteiger partial charge on any atom is 0.184 e. The molecule has 0 radical (unpaired) electrons. The number of thiocarbonyl (C=S) groups is 1. The Morgan fingerprint density at radius 2 is 2.08 bits per heavy atom. The summed E-state index contributed by atoms with van der Waals surface area (Å²) in [7, 11) is 0. The van der Waals surface area contributed by atoms with Crippen molar-refractivity contribution in [2.24, 2.45) is 10.8 Å². The Labute approximate surface area is 157 Å². The minimum absolute atomic E-state index is 0.0434. The second-order valence-corrected chi connectivity index (χ2v) is 6.46. The summed E-state index contributed by atoms with van der Waals surface area (Å²) < 4.78 is 14.3. The van der Waals surface area contributed by atoms with Gasteiger partial charge in [0.25, 0.3) is 0 Å². The van der Waals surface area contributed by atoms with E-state index in [0.29, 0.717) is 5.56 Å². The summed E-state index contributed by atoms with van der Waals surface area (Å²) >= 11 is 4.65. The summed E-state index contributed by atoms with van der Waals surface area (Å²) in [4.78, 5) is 8.91. The lowest BCUT2D eigenvalue weighted by atomic mass is 10.1. The number of piperazine rings is 1. The molecule has 3 N–H and O–H groups in total. The van der Waals surface area contributed by atoms with Gasteiger partial charge in [0, 0.05) is 50.2 Å². The number of anilines is 1. The molecule has 0 saturated carbocycles. The van der Waals surface area contributed by atoms with Crippen molar-refractivity contribution in [3.63, 3.8) is 0 Å². The van der Waals surface area contributed by atoms with Crippen LogP contribution in [0, 0.1) is 5.82 Å². The molecule has 136 valence electrons. The molecule has 1 aliphatic rings. The van der Waals surface area contributed by atoms with E-state index < -0.39 is 0 Å². The lowest BCUT2D eigenvalue weighted by Gasteiger charge is -2.36. The molecule has 1 aliphatic heterocycles. The average Bonchev–Trinajstić information content (AvgIpc) is 2.64. The van der Waals surface area contributed by atoms with Crippen LogP contribution in [-0.4, -0.2) is 47.4 Å². The SMILES string of the molecule is NC(=S)N/N=C/c1ccc(N2CCN(Cc3ccccn3)CC2)cc1F. The van der Waals surface area contributed by atoms with Crippen LogP contribution in [0.5, 0.6) is 0 Å². The van der Waals surface area contributed by atoms with Gasteiger partial charge in [-0.1, -0.05) is 6.07 Å². The number of aromatic nitrogens is 1. The van der Waals surface area contributed by atoms with Gasteiger partial charge in [0.15, 0.2) is 5.11 Å². The molecule has 2 aromatic rings. The first-order chi connectivity index (χ1) is 12.6. The largest absolute Gasteiger partial charge is 0.375 e. The number of pyridine rings is 1. The van der Waals surface area contributed by atoms with Gasteiger partial charge in [0.05, 0.1) is 11.9 Å². The molecule has 2 heterocycles. The van der Waals surface area contributed by atoms with E-state index in [1.165, 1.54) is 12.3 Å². The molecule has 26 heavy (non-hydrogen) atoms. The van der Waals surface area contributed by atoms with Crippen molar-refractivity contribution in [3.8, 4) is 0 Å². The average molecular weight is 372 g/mol. The Balaban J connectivity index is 1.56. The van der Waals surface area contributed by atoms with Crippen molar-refractivity contribution in [2.75, 3.05) is 31.1 Å². The molecule has 0 amide bonds. The Morgan fingerprint density at radius 1 is 1.27 bits per heavy atom. The highest BCUT2D eigenvalue weighted by atomic mass is 32.1. The topological polar surface area (TPSA) is 69.8 Å². The van der Waals surface area contributed by atoms with Gasteiger partial charge in [-0.2, -0.15) is 5.10 Å². The summed E-state index contributed by atoms with van der Waals surface area (Å²) in [5, 5.41) is 3.83. The molecule has 0 spiro atoms. The van der Waals surface area contributed by atoms with E-state index in [1.807, 2.05) is 30.5 Å². The minimum Gasteiger partial charge on any atom is -0.375 e. The van der Waals surface area contributed by atoms with Gasteiger partial charge in [-0.15, -0.1) is 0 Å². The number of nitrogens with zero attached hydrogens (tertiary/aromatic N) is 4. The van der Waals surface area contributed by atoms with Crippen LogP contribution in [0.3, 0.4) is 0 Å². The molecule has 3 rings (SSSR count). The summed E-state index contributed by atoms with van der Waals surface area (Å²) in [6.45, 7) is 4.37. The first-order valence-corrected chi connectivity index (χ1v) is 8.78. The first kappa shape index (κ1) is 18.2. The van der Waals surface area contributed by atoms with Gasteiger partial charge in [-0.05, 0) is 42.5 Å². The molecule has 8 heteroatoms. The smallest absolute Gasteiger partial charge is 0.184 e. The number of hydrazone groups is 1. The highest BCUT2D eigenvalue weighted by Crippen LogP contribution is 2.20. The van der Waals surface area contributed by atoms with E-state index in [2.05, 4.69) is 37.5 Å². The zero-order valence-corrected chi connectivity index (χ0v) is 15.1. The van der Waals surface area contributed by atoms with Gasteiger partial charge in [0.1, 0.15) is 5.82 Å². The van der Waals surface area contributed by atoms with Crippen molar-refractivity contribution in [1.29, 1.82) is 0 Å². The fourth-order valence-corrected chi connectivity index (χ4v) is 2.92. The highest BCUT2D eigenvalue weighted by molar-refractivity contribution is 7.80. The number of rotatable bonds is 5. The van der Waals surface area contributed by atoms with Crippen molar-refractivity contribution in [1.82, 2.24) is 15.3 Å². The van der Waals surface area contributed by atoms with Crippen LogP contribution in [0.2, 0.25) is 0 Å². The monoisotopic (exact) mass is 372 g/mol. The fraction of sp³-hybridized carbons (Fsp3) is 0.278. The predicted octanol–water partition coefficient (Wildman–Crippen LogP) is 1.71. The molecule has 0 atom stereocenters. The summed E-state index contributed by atoms with van der Waals surface area (Å²) in [5.74, 6) is -0.327. The van der Waals surface area contributed by atoms with Crippen LogP contribution in [0.25, 0.3) is 0 Å². The minimum atomic E-state index is -0.327. The molecule has 1 fully saturated rings. The summed E-state index contributed by atoms with van der Waals surface area (Å²) in [6.07, 6.45) is 3.18. The van der Waals surface area contributed by atoms with Gasteiger partial charge in [-0.3, -0.25) is 15.3 Å². The number of halogens is 1. The maximum atomic E-state index is 14.3. The lowest BCUT2D eigenvalue weighted by molar-refractivity contribution is 0.247.